The molecular weight excluding hydrogens is 364 g/mol. The van der Waals surface area contributed by atoms with Gasteiger partial charge in [-0.2, -0.15) is 0 Å². The average Bonchev–Trinajstić information content (AvgIpc) is 2.67. The number of hydrogen-bond acceptors (Lipinski definition) is 5. The van der Waals surface area contributed by atoms with Gasteiger partial charge < -0.3 is 26.0 Å². The van der Waals surface area contributed by atoms with Crippen molar-refractivity contribution in [2.45, 2.75) is 6.92 Å². The van der Waals surface area contributed by atoms with Crippen molar-refractivity contribution in [2.75, 3.05) is 29.6 Å². The van der Waals surface area contributed by atoms with Gasteiger partial charge in [-0.05, 0) is 36.4 Å². The smallest absolute Gasteiger partial charge is 0.313 e. The fourth-order valence-corrected chi connectivity index (χ4v) is 2.21. The fraction of sp³-hybridized carbons (Fsp3) is 0.158. The van der Waals surface area contributed by atoms with Gasteiger partial charge in [0.2, 0.25) is 11.8 Å². The molecular formula is C19H20N4O5. The van der Waals surface area contributed by atoms with Gasteiger partial charge in [0.1, 0.15) is 5.75 Å². The van der Waals surface area contributed by atoms with Crippen molar-refractivity contribution in [3.63, 3.8) is 0 Å². The SMILES string of the molecule is COc1ccccc1NC(=O)CNC(=O)C(=O)Nc1ccc(NC(C)=O)cc1. The molecule has 0 unspecified atom stereocenters. The van der Waals surface area contributed by atoms with Crippen LogP contribution in [0, 0.1) is 0 Å². The predicted octanol–water partition coefficient (Wildman–Crippen LogP) is 1.35. The summed E-state index contributed by atoms with van der Waals surface area (Å²) in [6.45, 7) is 0.996. The molecule has 0 aliphatic rings. The lowest BCUT2D eigenvalue weighted by Gasteiger charge is -2.10. The normalized spacial score (nSPS) is 9.79. The number of benzene rings is 2. The monoisotopic (exact) mass is 384 g/mol. The van der Waals surface area contributed by atoms with E-state index in [0.717, 1.165) is 0 Å². The molecule has 0 aromatic heterocycles. The first-order valence-corrected chi connectivity index (χ1v) is 8.28. The summed E-state index contributed by atoms with van der Waals surface area (Å²) in [6, 6.07) is 13.0. The molecule has 0 atom stereocenters. The second-order valence-electron chi connectivity index (χ2n) is 5.64. The lowest BCUT2D eigenvalue weighted by atomic mass is 10.2. The third kappa shape index (κ3) is 6.13. The number of rotatable bonds is 6. The number of hydrogen-bond donors (Lipinski definition) is 4. The van der Waals surface area contributed by atoms with Gasteiger partial charge >= 0.3 is 11.8 Å². The van der Waals surface area contributed by atoms with Crippen molar-refractivity contribution >= 4 is 40.7 Å². The van der Waals surface area contributed by atoms with Gasteiger partial charge in [0.05, 0.1) is 19.3 Å². The summed E-state index contributed by atoms with van der Waals surface area (Å²) in [7, 11) is 1.47. The topological polar surface area (TPSA) is 126 Å². The van der Waals surface area contributed by atoms with E-state index in [2.05, 4.69) is 21.3 Å². The largest absolute Gasteiger partial charge is 0.495 e. The number of anilines is 3. The van der Waals surface area contributed by atoms with Gasteiger partial charge in [0.25, 0.3) is 0 Å². The third-order valence-electron chi connectivity index (χ3n) is 3.46. The number of amides is 4. The van der Waals surface area contributed by atoms with Crippen molar-refractivity contribution in [1.29, 1.82) is 0 Å². The van der Waals surface area contributed by atoms with Gasteiger partial charge in [-0.15, -0.1) is 0 Å². The van der Waals surface area contributed by atoms with Crippen LogP contribution < -0.4 is 26.0 Å². The predicted molar refractivity (Wildman–Crippen MR) is 104 cm³/mol. The molecule has 4 N–H and O–H groups in total. The van der Waals surface area contributed by atoms with Crippen molar-refractivity contribution in [3.8, 4) is 5.75 Å². The van der Waals surface area contributed by atoms with Gasteiger partial charge in [-0.3, -0.25) is 19.2 Å². The van der Waals surface area contributed by atoms with Crippen molar-refractivity contribution < 1.29 is 23.9 Å². The van der Waals surface area contributed by atoms with Crippen molar-refractivity contribution in [1.82, 2.24) is 5.32 Å². The number of carbonyl (C=O) groups excluding carboxylic acids is 4. The lowest BCUT2D eigenvalue weighted by molar-refractivity contribution is -0.136. The van der Waals surface area contributed by atoms with Crippen LogP contribution in [0.2, 0.25) is 0 Å². The molecule has 4 amide bonds. The van der Waals surface area contributed by atoms with Crippen LogP contribution in [0.1, 0.15) is 6.92 Å². The molecule has 0 fully saturated rings. The first kappa shape index (κ1) is 20.4. The van der Waals surface area contributed by atoms with E-state index in [4.69, 9.17) is 4.74 Å². The molecule has 0 bridgehead atoms. The van der Waals surface area contributed by atoms with E-state index in [0.29, 0.717) is 22.8 Å². The summed E-state index contributed by atoms with van der Waals surface area (Å²) in [5, 5.41) is 9.80. The summed E-state index contributed by atoms with van der Waals surface area (Å²) in [6.07, 6.45) is 0. The van der Waals surface area contributed by atoms with Gasteiger partial charge in [0.15, 0.2) is 0 Å². The molecule has 146 valence electrons. The first-order chi connectivity index (χ1) is 13.4. The Bertz CT molecular complexity index is 880. The minimum Gasteiger partial charge on any atom is -0.495 e. The zero-order valence-electron chi connectivity index (χ0n) is 15.4. The van der Waals surface area contributed by atoms with Gasteiger partial charge in [-0.25, -0.2) is 0 Å². The summed E-state index contributed by atoms with van der Waals surface area (Å²) in [5.74, 6) is -2.13. The molecule has 9 nitrogen and oxygen atoms in total. The quantitative estimate of drug-likeness (QED) is 0.560. The summed E-state index contributed by atoms with van der Waals surface area (Å²) < 4.78 is 5.12. The summed E-state index contributed by atoms with van der Waals surface area (Å²) in [5.41, 5.74) is 1.38. The fourth-order valence-electron chi connectivity index (χ4n) is 2.21. The molecule has 0 radical (unpaired) electrons. The summed E-state index contributed by atoms with van der Waals surface area (Å²) >= 11 is 0. The minimum absolute atomic E-state index is 0.220. The Labute approximate surface area is 161 Å². The molecule has 2 rings (SSSR count). The van der Waals surface area contributed by atoms with Crippen LogP contribution in [-0.2, 0) is 19.2 Å². The maximum atomic E-state index is 11.9. The molecule has 0 saturated carbocycles. The second-order valence-corrected chi connectivity index (χ2v) is 5.64. The number of methoxy groups -OCH3 is 1. The molecule has 28 heavy (non-hydrogen) atoms. The van der Waals surface area contributed by atoms with E-state index in [-0.39, 0.29) is 12.5 Å². The van der Waals surface area contributed by atoms with Crippen LogP contribution in [-0.4, -0.2) is 37.3 Å². The Morgan fingerprint density at radius 2 is 1.43 bits per heavy atom. The van der Waals surface area contributed by atoms with Crippen LogP contribution >= 0.6 is 0 Å². The van der Waals surface area contributed by atoms with Crippen LogP contribution in [0.4, 0.5) is 17.1 Å². The Balaban J connectivity index is 1.82. The van der Waals surface area contributed by atoms with E-state index >= 15 is 0 Å². The highest BCUT2D eigenvalue weighted by Gasteiger charge is 2.15. The van der Waals surface area contributed by atoms with E-state index in [9.17, 15) is 19.2 Å². The highest BCUT2D eigenvalue weighted by Crippen LogP contribution is 2.22. The first-order valence-electron chi connectivity index (χ1n) is 8.28. The van der Waals surface area contributed by atoms with Crippen LogP contribution in [0.25, 0.3) is 0 Å². The van der Waals surface area contributed by atoms with E-state index < -0.39 is 17.7 Å². The molecule has 0 aliphatic carbocycles. The van der Waals surface area contributed by atoms with E-state index in [1.165, 1.54) is 26.2 Å². The van der Waals surface area contributed by atoms with Gasteiger partial charge in [-0.1, -0.05) is 12.1 Å². The van der Waals surface area contributed by atoms with Crippen molar-refractivity contribution in [3.05, 3.63) is 48.5 Å². The van der Waals surface area contributed by atoms with Crippen LogP contribution in [0.15, 0.2) is 48.5 Å². The molecule has 0 heterocycles. The molecule has 0 spiro atoms. The number of ether oxygens (including phenoxy) is 1. The Hall–Kier alpha value is -3.88. The second kappa shape index (κ2) is 9.72. The molecule has 0 saturated heterocycles. The van der Waals surface area contributed by atoms with Gasteiger partial charge in [0, 0.05) is 18.3 Å². The van der Waals surface area contributed by atoms with Crippen molar-refractivity contribution in [2.24, 2.45) is 0 Å². The van der Waals surface area contributed by atoms with Crippen LogP contribution in [0.5, 0.6) is 5.75 Å². The summed E-state index contributed by atoms with van der Waals surface area (Å²) in [4.78, 5) is 46.7. The lowest BCUT2D eigenvalue weighted by Crippen LogP contribution is -2.39. The standard InChI is InChI=1S/C19H20N4O5/c1-12(24)21-13-7-9-14(10-8-13)22-19(27)18(26)20-11-17(25)23-15-5-3-4-6-16(15)28-2/h3-10H,11H2,1-2H3,(H,20,26)(H,21,24)(H,22,27)(H,23,25). The molecule has 2 aromatic carbocycles. The molecule has 0 aliphatic heterocycles. The zero-order chi connectivity index (χ0) is 20.5. The van der Waals surface area contributed by atoms with Crippen LogP contribution in [0.3, 0.4) is 0 Å². The Kier molecular flexibility index (Phi) is 7.09. The average molecular weight is 384 g/mol. The minimum atomic E-state index is -0.957. The maximum absolute atomic E-state index is 11.9. The zero-order valence-corrected chi connectivity index (χ0v) is 15.4. The number of carbonyl (C=O) groups is 4. The number of nitrogens with one attached hydrogen (secondary N) is 4. The highest BCUT2D eigenvalue weighted by molar-refractivity contribution is 6.39. The number of para-hydroxylation sites is 2. The highest BCUT2D eigenvalue weighted by atomic mass is 16.5. The molecule has 9 heteroatoms. The van der Waals surface area contributed by atoms with E-state index in [1.807, 2.05) is 0 Å². The maximum Gasteiger partial charge on any atom is 0.313 e. The Morgan fingerprint density at radius 3 is 2.04 bits per heavy atom. The third-order valence-corrected chi connectivity index (χ3v) is 3.46. The molecule has 2 aromatic rings. The van der Waals surface area contributed by atoms with E-state index in [1.54, 1.807) is 36.4 Å². The Morgan fingerprint density at radius 1 is 0.821 bits per heavy atom.